The third-order valence-electron chi connectivity index (χ3n) is 1.63. The number of hydrogen-bond donors (Lipinski definition) is 0. The van der Waals surface area contributed by atoms with Gasteiger partial charge in [-0.1, -0.05) is 0 Å². The first kappa shape index (κ1) is 12.3. The predicted octanol–water partition coefficient (Wildman–Crippen LogP) is 3.17. The Labute approximate surface area is 97.5 Å². The van der Waals surface area contributed by atoms with E-state index in [0.717, 1.165) is 6.07 Å². The number of methoxy groups -OCH3 is 1. The number of hydrogen-bond acceptors (Lipinski definition) is 3. The minimum absolute atomic E-state index is 0.0373. The van der Waals surface area contributed by atoms with E-state index in [2.05, 4.69) is 20.9 Å². The minimum Gasteiger partial charge on any atom is -0.481 e. The Bertz CT molecular complexity index is 400. The van der Waals surface area contributed by atoms with Gasteiger partial charge in [-0.25, -0.2) is 13.8 Å². The van der Waals surface area contributed by atoms with E-state index in [1.165, 1.54) is 7.11 Å². The van der Waals surface area contributed by atoms with Crippen molar-refractivity contribution in [2.75, 3.05) is 7.11 Å². The van der Waals surface area contributed by atoms with Crippen LogP contribution in [0.25, 0.3) is 0 Å². The molecule has 0 spiro atoms. The first-order chi connectivity index (χ1) is 6.97. The molecule has 0 aliphatic heterocycles. The first-order valence-electron chi connectivity index (χ1n) is 3.69. The number of aromatic nitrogens is 1. The molecule has 7 heteroatoms. The molecule has 0 saturated carbocycles. The Kier molecular flexibility index (Phi) is 3.98. The smallest absolute Gasteiger partial charge is 0.267 e. The molecule has 1 aromatic heterocycles. The molecule has 0 saturated heterocycles. The van der Waals surface area contributed by atoms with Crippen molar-refractivity contribution in [3.63, 3.8) is 0 Å². The van der Waals surface area contributed by atoms with Crippen LogP contribution in [-0.2, 0) is 0 Å². The van der Waals surface area contributed by atoms with Crippen molar-refractivity contribution in [1.29, 1.82) is 0 Å². The molecule has 0 fully saturated rings. The van der Waals surface area contributed by atoms with Crippen LogP contribution in [0.15, 0.2) is 10.7 Å². The van der Waals surface area contributed by atoms with Gasteiger partial charge in [-0.2, -0.15) is 0 Å². The van der Waals surface area contributed by atoms with Crippen LogP contribution in [0.2, 0.25) is 0 Å². The molecule has 0 radical (unpaired) electrons. The average molecular weight is 300 g/mol. The van der Waals surface area contributed by atoms with Gasteiger partial charge in [-0.3, -0.25) is 4.79 Å². The van der Waals surface area contributed by atoms with Gasteiger partial charge >= 0.3 is 0 Å². The van der Waals surface area contributed by atoms with Gasteiger partial charge < -0.3 is 4.74 Å². The summed E-state index contributed by atoms with van der Waals surface area (Å²) >= 11 is 8.00. The third-order valence-corrected chi connectivity index (χ3v) is 2.44. The topological polar surface area (TPSA) is 39.2 Å². The molecule has 1 rings (SSSR count). The average Bonchev–Trinajstić information content (AvgIpc) is 2.15. The van der Waals surface area contributed by atoms with Crippen LogP contribution in [0.5, 0.6) is 5.88 Å². The number of carbonyl (C=O) groups is 1. The number of nitrogens with zero attached hydrogens (tertiary/aromatic N) is 1. The lowest BCUT2D eigenvalue weighted by Crippen LogP contribution is -2.03. The van der Waals surface area contributed by atoms with Crippen LogP contribution < -0.4 is 4.74 Å². The summed E-state index contributed by atoms with van der Waals surface area (Å²) in [6, 6.07) is 1.07. The Morgan fingerprint density at radius 3 is 2.67 bits per heavy atom. The van der Waals surface area contributed by atoms with Crippen molar-refractivity contribution in [3.8, 4) is 5.88 Å². The van der Waals surface area contributed by atoms with E-state index in [4.69, 9.17) is 16.3 Å². The lowest BCUT2D eigenvalue weighted by molar-refractivity contribution is 0.106. The summed E-state index contributed by atoms with van der Waals surface area (Å²) in [5.74, 6) is 0.0373. The highest BCUT2D eigenvalue weighted by Crippen LogP contribution is 2.32. The summed E-state index contributed by atoms with van der Waals surface area (Å²) in [6.45, 7) is 0. The van der Waals surface area contributed by atoms with Crippen molar-refractivity contribution < 1.29 is 18.3 Å². The van der Waals surface area contributed by atoms with Crippen molar-refractivity contribution in [1.82, 2.24) is 4.98 Å². The van der Waals surface area contributed by atoms with Gasteiger partial charge in [-0.05, 0) is 27.5 Å². The molecule has 0 N–H and O–H groups in total. The highest BCUT2D eigenvalue weighted by molar-refractivity contribution is 9.10. The summed E-state index contributed by atoms with van der Waals surface area (Å²) in [4.78, 5) is 14.6. The van der Waals surface area contributed by atoms with Crippen molar-refractivity contribution in [3.05, 3.63) is 21.8 Å². The molecule has 0 unspecified atom stereocenters. The molecule has 0 aliphatic carbocycles. The molecule has 0 amide bonds. The Hall–Kier alpha value is -0.750. The van der Waals surface area contributed by atoms with Gasteiger partial charge in [0.2, 0.25) is 5.88 Å². The second-order valence-electron chi connectivity index (χ2n) is 2.49. The number of carbonyl (C=O) groups excluding carboxylic acids is 1. The van der Waals surface area contributed by atoms with Crippen molar-refractivity contribution in [2.45, 2.75) is 6.43 Å². The second-order valence-corrected chi connectivity index (χ2v) is 3.59. The van der Waals surface area contributed by atoms with E-state index < -0.39 is 17.2 Å². The summed E-state index contributed by atoms with van der Waals surface area (Å²) in [5, 5.41) is -0.980. The number of alkyl halides is 2. The highest BCUT2D eigenvalue weighted by Gasteiger charge is 2.23. The molecule has 0 aromatic carbocycles. The quantitative estimate of drug-likeness (QED) is 0.636. The fourth-order valence-corrected chi connectivity index (χ4v) is 1.69. The molecular weight excluding hydrogens is 295 g/mol. The monoisotopic (exact) mass is 299 g/mol. The predicted molar refractivity (Wildman–Crippen MR) is 53.6 cm³/mol. The minimum atomic E-state index is -2.84. The normalized spacial score (nSPS) is 10.5. The molecule has 3 nitrogen and oxygen atoms in total. The van der Waals surface area contributed by atoms with Crippen LogP contribution in [0.1, 0.15) is 22.3 Å². The van der Waals surface area contributed by atoms with E-state index in [0.29, 0.717) is 0 Å². The lowest BCUT2D eigenvalue weighted by atomic mass is 10.1. The van der Waals surface area contributed by atoms with Gasteiger partial charge in [0.05, 0.1) is 18.2 Å². The standard InChI is InChI=1S/C8H5BrClF2NO2/c1-15-4-2-3(7(10)14)5(8(11)12)6(9)13-4/h2,8H,1H3. The molecular formula is C8H5BrClF2NO2. The van der Waals surface area contributed by atoms with E-state index in [9.17, 15) is 13.6 Å². The number of ether oxygens (including phenoxy) is 1. The SMILES string of the molecule is COc1cc(C(=O)Cl)c(C(F)F)c(Br)n1. The maximum absolute atomic E-state index is 12.6. The molecule has 1 aromatic rings. The van der Waals surface area contributed by atoms with Gasteiger partial charge in [0.1, 0.15) is 4.60 Å². The van der Waals surface area contributed by atoms with Crippen LogP contribution >= 0.6 is 27.5 Å². The van der Waals surface area contributed by atoms with E-state index >= 15 is 0 Å². The Morgan fingerprint density at radius 2 is 2.27 bits per heavy atom. The molecule has 0 aliphatic rings. The summed E-state index contributed by atoms with van der Waals surface area (Å²) in [5.41, 5.74) is -0.846. The maximum atomic E-state index is 12.6. The summed E-state index contributed by atoms with van der Waals surface area (Å²) in [7, 11) is 1.30. The maximum Gasteiger partial charge on any atom is 0.267 e. The van der Waals surface area contributed by atoms with Crippen LogP contribution in [-0.4, -0.2) is 17.3 Å². The van der Waals surface area contributed by atoms with Crippen LogP contribution in [0.3, 0.4) is 0 Å². The highest BCUT2D eigenvalue weighted by atomic mass is 79.9. The summed E-state index contributed by atoms with van der Waals surface area (Å²) < 4.78 is 29.7. The second kappa shape index (κ2) is 4.85. The van der Waals surface area contributed by atoms with Gasteiger partial charge in [0.15, 0.2) is 0 Å². The Morgan fingerprint density at radius 1 is 1.67 bits per heavy atom. The van der Waals surface area contributed by atoms with Gasteiger partial charge in [-0.15, -0.1) is 0 Å². The van der Waals surface area contributed by atoms with E-state index in [1.54, 1.807) is 0 Å². The molecule has 82 valence electrons. The molecule has 0 bridgehead atoms. The zero-order chi connectivity index (χ0) is 11.6. The fourth-order valence-electron chi connectivity index (χ4n) is 0.976. The van der Waals surface area contributed by atoms with E-state index in [-0.39, 0.29) is 16.0 Å². The molecule has 1 heterocycles. The summed E-state index contributed by atoms with van der Waals surface area (Å²) in [6.07, 6.45) is -2.84. The van der Waals surface area contributed by atoms with Crippen molar-refractivity contribution >= 4 is 32.8 Å². The zero-order valence-electron chi connectivity index (χ0n) is 7.43. The van der Waals surface area contributed by atoms with E-state index in [1.807, 2.05) is 0 Å². The number of rotatable bonds is 3. The van der Waals surface area contributed by atoms with Crippen LogP contribution in [0, 0.1) is 0 Å². The third kappa shape index (κ3) is 2.63. The lowest BCUT2D eigenvalue weighted by Gasteiger charge is -2.08. The van der Waals surface area contributed by atoms with Crippen LogP contribution in [0.4, 0.5) is 8.78 Å². The number of halogens is 4. The fraction of sp³-hybridized carbons (Fsp3) is 0.250. The Balaban J connectivity index is 3.42. The molecule has 0 atom stereocenters. The zero-order valence-corrected chi connectivity index (χ0v) is 9.77. The van der Waals surface area contributed by atoms with Gasteiger partial charge in [0, 0.05) is 6.07 Å². The van der Waals surface area contributed by atoms with Gasteiger partial charge in [0.25, 0.3) is 11.7 Å². The number of pyridine rings is 1. The first-order valence-corrected chi connectivity index (χ1v) is 4.87. The van der Waals surface area contributed by atoms with Crippen molar-refractivity contribution in [2.24, 2.45) is 0 Å². The largest absolute Gasteiger partial charge is 0.481 e. The molecule has 15 heavy (non-hydrogen) atoms.